The van der Waals surface area contributed by atoms with E-state index in [2.05, 4.69) is 91.5 Å². The van der Waals surface area contributed by atoms with Crippen molar-refractivity contribution in [2.24, 2.45) is 0 Å². The molecule has 4 aromatic rings. The smallest absolute Gasteiger partial charge is 0.328 e. The summed E-state index contributed by atoms with van der Waals surface area (Å²) in [6.45, 7) is 4.32. The second kappa shape index (κ2) is 12.0. The third-order valence-electron chi connectivity index (χ3n) is 6.34. The first kappa shape index (κ1) is 25.0. The highest BCUT2D eigenvalue weighted by Crippen LogP contribution is 2.36. The summed E-state index contributed by atoms with van der Waals surface area (Å²) in [7, 11) is 0. The van der Waals surface area contributed by atoms with Crippen molar-refractivity contribution in [1.82, 2.24) is 0 Å². The zero-order valence-electron chi connectivity index (χ0n) is 21.0. The van der Waals surface area contributed by atoms with Gasteiger partial charge in [-0.2, -0.15) is 0 Å². The summed E-state index contributed by atoms with van der Waals surface area (Å²) in [6, 6.07) is 34.0. The van der Waals surface area contributed by atoms with E-state index in [-0.39, 0.29) is 0 Å². The van der Waals surface area contributed by atoms with E-state index in [0.717, 1.165) is 35.1 Å². The fourth-order valence-electron chi connectivity index (χ4n) is 4.29. The molecule has 36 heavy (non-hydrogen) atoms. The molecule has 1 N–H and O–H groups in total. The van der Waals surface area contributed by atoms with Crippen LogP contribution >= 0.6 is 0 Å². The van der Waals surface area contributed by atoms with E-state index in [1.54, 1.807) is 6.08 Å². The minimum absolute atomic E-state index is 0.846. The van der Waals surface area contributed by atoms with Crippen molar-refractivity contribution in [3.8, 4) is 11.1 Å². The number of hydrogen-bond acceptors (Lipinski definition) is 2. The highest BCUT2D eigenvalue weighted by molar-refractivity contribution is 5.85. The SMILES string of the molecule is CCCCCc1ccc(-c2ccc(N(c3ccc(C)cc3)c3ccc(C=CC(=O)O)cc3)cc2)cc1. The summed E-state index contributed by atoms with van der Waals surface area (Å²) in [4.78, 5) is 13.1. The number of aliphatic carboxylic acids is 1. The Bertz CT molecular complexity index is 1290. The largest absolute Gasteiger partial charge is 0.478 e. The normalized spacial score (nSPS) is 11.1. The zero-order chi connectivity index (χ0) is 25.3. The van der Waals surface area contributed by atoms with E-state index in [1.165, 1.54) is 41.5 Å². The Balaban J connectivity index is 1.60. The molecule has 0 amide bonds. The predicted octanol–water partition coefficient (Wildman–Crippen LogP) is 8.96. The van der Waals surface area contributed by atoms with Crippen LogP contribution in [0.4, 0.5) is 17.1 Å². The fraction of sp³-hybridized carbons (Fsp3) is 0.182. The molecule has 4 rings (SSSR count). The number of carboxylic acid groups (broad SMARTS) is 1. The van der Waals surface area contributed by atoms with E-state index >= 15 is 0 Å². The molecule has 0 aromatic heterocycles. The van der Waals surface area contributed by atoms with Crippen molar-refractivity contribution < 1.29 is 9.90 Å². The number of rotatable bonds is 10. The number of carbonyl (C=O) groups is 1. The van der Waals surface area contributed by atoms with Crippen LogP contribution in [0.3, 0.4) is 0 Å². The van der Waals surface area contributed by atoms with Gasteiger partial charge in [-0.05, 0) is 84.5 Å². The molecule has 182 valence electrons. The van der Waals surface area contributed by atoms with Gasteiger partial charge in [-0.25, -0.2) is 4.79 Å². The Morgan fingerprint density at radius 2 is 1.22 bits per heavy atom. The van der Waals surface area contributed by atoms with E-state index < -0.39 is 5.97 Å². The van der Waals surface area contributed by atoms with Crippen molar-refractivity contribution >= 4 is 29.1 Å². The Hall–Kier alpha value is -4.11. The van der Waals surface area contributed by atoms with Crippen molar-refractivity contribution in [2.75, 3.05) is 4.90 Å². The first-order valence-electron chi connectivity index (χ1n) is 12.6. The molecule has 0 atom stereocenters. The summed E-state index contributed by atoms with van der Waals surface area (Å²) in [5.74, 6) is -0.952. The van der Waals surface area contributed by atoms with Gasteiger partial charge in [-0.3, -0.25) is 0 Å². The summed E-state index contributed by atoms with van der Waals surface area (Å²) in [5, 5.41) is 8.90. The van der Waals surface area contributed by atoms with E-state index in [0.29, 0.717) is 0 Å². The summed E-state index contributed by atoms with van der Waals surface area (Å²) in [5.41, 5.74) is 9.01. The number of aryl methyl sites for hydroxylation is 2. The molecule has 4 aromatic carbocycles. The zero-order valence-corrected chi connectivity index (χ0v) is 21.0. The van der Waals surface area contributed by atoms with Crippen LogP contribution in [0, 0.1) is 6.92 Å². The summed E-state index contributed by atoms with van der Waals surface area (Å²) in [6.07, 6.45) is 7.67. The maximum atomic E-state index is 10.9. The molecule has 0 aliphatic rings. The Labute approximate surface area is 214 Å². The highest BCUT2D eigenvalue weighted by atomic mass is 16.4. The molecule has 0 heterocycles. The van der Waals surface area contributed by atoms with Crippen LogP contribution in [0.1, 0.15) is 42.9 Å². The van der Waals surface area contributed by atoms with Gasteiger partial charge < -0.3 is 10.0 Å². The lowest BCUT2D eigenvalue weighted by Crippen LogP contribution is -2.09. The van der Waals surface area contributed by atoms with Gasteiger partial charge in [0, 0.05) is 23.1 Å². The van der Waals surface area contributed by atoms with Gasteiger partial charge in [0.1, 0.15) is 0 Å². The van der Waals surface area contributed by atoms with Gasteiger partial charge in [0.25, 0.3) is 0 Å². The minimum Gasteiger partial charge on any atom is -0.478 e. The highest BCUT2D eigenvalue weighted by Gasteiger charge is 2.12. The van der Waals surface area contributed by atoms with Crippen molar-refractivity contribution in [2.45, 2.75) is 39.5 Å². The fourth-order valence-corrected chi connectivity index (χ4v) is 4.29. The molecule has 3 heteroatoms. The standard InChI is InChI=1S/C33H33NO2/c1-3-4-5-6-26-9-14-28(15-10-26)29-16-22-32(23-17-29)34(30-18-7-25(2)8-19-30)31-20-11-27(12-21-31)13-24-33(35)36/h7-24H,3-6H2,1-2H3,(H,35,36). The molecule has 0 spiro atoms. The topological polar surface area (TPSA) is 40.5 Å². The van der Waals surface area contributed by atoms with Gasteiger partial charge in [0.2, 0.25) is 0 Å². The second-order valence-corrected chi connectivity index (χ2v) is 9.13. The molecule has 3 nitrogen and oxygen atoms in total. The lowest BCUT2D eigenvalue weighted by atomic mass is 10.0. The predicted molar refractivity (Wildman–Crippen MR) is 151 cm³/mol. The Morgan fingerprint density at radius 1 is 0.722 bits per heavy atom. The minimum atomic E-state index is -0.952. The summed E-state index contributed by atoms with van der Waals surface area (Å²) >= 11 is 0. The van der Waals surface area contributed by atoms with E-state index in [9.17, 15) is 4.79 Å². The number of unbranched alkanes of at least 4 members (excludes halogenated alkanes) is 2. The molecule has 0 radical (unpaired) electrons. The molecule has 0 bridgehead atoms. The van der Waals surface area contributed by atoms with Crippen LogP contribution in [0.5, 0.6) is 0 Å². The van der Waals surface area contributed by atoms with Crippen LogP contribution in [-0.4, -0.2) is 11.1 Å². The van der Waals surface area contributed by atoms with Crippen LogP contribution in [0.15, 0.2) is 103 Å². The Kier molecular flexibility index (Phi) is 8.36. The molecule has 0 unspecified atom stereocenters. The quantitative estimate of drug-likeness (QED) is 0.184. The monoisotopic (exact) mass is 475 g/mol. The van der Waals surface area contributed by atoms with Gasteiger partial charge in [0.15, 0.2) is 0 Å². The lowest BCUT2D eigenvalue weighted by molar-refractivity contribution is -0.131. The first-order chi connectivity index (χ1) is 17.5. The van der Waals surface area contributed by atoms with Crippen molar-refractivity contribution in [3.05, 3.63) is 120 Å². The van der Waals surface area contributed by atoms with Gasteiger partial charge in [0.05, 0.1) is 0 Å². The third-order valence-corrected chi connectivity index (χ3v) is 6.34. The van der Waals surface area contributed by atoms with Crippen LogP contribution in [-0.2, 0) is 11.2 Å². The molecule has 0 fully saturated rings. The van der Waals surface area contributed by atoms with Gasteiger partial charge in [-0.15, -0.1) is 0 Å². The maximum absolute atomic E-state index is 10.9. The van der Waals surface area contributed by atoms with E-state index in [4.69, 9.17) is 5.11 Å². The molecular formula is C33H33NO2. The number of hydrogen-bond donors (Lipinski definition) is 1. The lowest BCUT2D eigenvalue weighted by Gasteiger charge is -2.26. The molecule has 0 aliphatic carbocycles. The second-order valence-electron chi connectivity index (χ2n) is 9.13. The van der Waals surface area contributed by atoms with Crippen LogP contribution in [0.2, 0.25) is 0 Å². The average Bonchev–Trinajstić information content (AvgIpc) is 2.90. The van der Waals surface area contributed by atoms with Crippen LogP contribution < -0.4 is 4.90 Å². The Morgan fingerprint density at radius 3 is 1.75 bits per heavy atom. The first-order valence-corrected chi connectivity index (χ1v) is 12.6. The molecule has 0 saturated heterocycles. The van der Waals surface area contributed by atoms with E-state index in [1.807, 2.05) is 24.3 Å². The van der Waals surface area contributed by atoms with Gasteiger partial charge in [-0.1, -0.05) is 86.0 Å². The number of nitrogens with zero attached hydrogens (tertiary/aromatic N) is 1. The van der Waals surface area contributed by atoms with Crippen molar-refractivity contribution in [3.63, 3.8) is 0 Å². The maximum Gasteiger partial charge on any atom is 0.328 e. The number of benzene rings is 4. The van der Waals surface area contributed by atoms with Crippen LogP contribution in [0.25, 0.3) is 17.2 Å². The molecular weight excluding hydrogens is 442 g/mol. The summed E-state index contributed by atoms with van der Waals surface area (Å²) < 4.78 is 0. The third kappa shape index (κ3) is 6.51. The van der Waals surface area contributed by atoms with Crippen molar-refractivity contribution in [1.29, 1.82) is 0 Å². The molecule has 0 aliphatic heterocycles. The number of carboxylic acids is 1. The molecule has 0 saturated carbocycles. The van der Waals surface area contributed by atoms with Gasteiger partial charge >= 0.3 is 5.97 Å². The average molecular weight is 476 g/mol. The number of anilines is 3.